The van der Waals surface area contributed by atoms with Gasteiger partial charge in [0.05, 0.1) is 0 Å². The zero-order valence-corrected chi connectivity index (χ0v) is 19.5. The minimum Gasteiger partial charge on any atom is -0.352 e. The van der Waals surface area contributed by atoms with Gasteiger partial charge < -0.3 is 16.8 Å². The number of rotatable bonds is 8. The van der Waals surface area contributed by atoms with E-state index in [1.807, 2.05) is 12.1 Å². The summed E-state index contributed by atoms with van der Waals surface area (Å²) in [4.78, 5) is 16.6. The topological polar surface area (TPSA) is 94.0 Å². The van der Waals surface area contributed by atoms with Gasteiger partial charge in [-0.3, -0.25) is 9.78 Å². The van der Waals surface area contributed by atoms with Crippen molar-refractivity contribution in [2.24, 2.45) is 17.4 Å². The first-order valence-corrected chi connectivity index (χ1v) is 11.2. The Labute approximate surface area is 191 Å². The number of nitrogens with two attached hydrogens (primary N) is 2. The number of nitrogens with zero attached hydrogens (tertiary/aromatic N) is 1. The number of pyridine rings is 1. The highest BCUT2D eigenvalue weighted by Crippen LogP contribution is 2.40. The molecule has 2 aromatic carbocycles. The van der Waals surface area contributed by atoms with E-state index in [1.165, 1.54) is 6.92 Å². The van der Waals surface area contributed by atoms with Crippen LogP contribution >= 0.6 is 0 Å². The number of aryl methyl sites for hydroxylation is 1. The Morgan fingerprint density at radius 3 is 2.28 bits per heavy atom. The summed E-state index contributed by atoms with van der Waals surface area (Å²) in [7, 11) is 0. The maximum Gasteiger partial charge on any atom is 0.217 e. The third-order valence-corrected chi connectivity index (χ3v) is 5.66. The molecule has 1 amide bonds. The lowest BCUT2D eigenvalue weighted by atomic mass is 9.85. The first-order chi connectivity index (χ1) is 15.3. The van der Waals surface area contributed by atoms with E-state index in [-0.39, 0.29) is 5.91 Å². The minimum absolute atomic E-state index is 0.0535. The number of hydrogen-bond acceptors (Lipinski definition) is 4. The Kier molecular flexibility index (Phi) is 7.78. The van der Waals surface area contributed by atoms with Gasteiger partial charge in [-0.05, 0) is 52.6 Å². The molecule has 0 saturated carbocycles. The van der Waals surface area contributed by atoms with Crippen molar-refractivity contribution in [3.8, 4) is 22.3 Å². The van der Waals surface area contributed by atoms with Crippen LogP contribution in [0, 0.1) is 12.8 Å². The van der Waals surface area contributed by atoms with E-state index < -0.39 is 0 Å². The van der Waals surface area contributed by atoms with Crippen LogP contribution in [0.15, 0.2) is 48.5 Å². The highest BCUT2D eigenvalue weighted by atomic mass is 16.1. The number of hydrogen-bond donors (Lipinski definition) is 3. The van der Waals surface area contributed by atoms with E-state index in [4.69, 9.17) is 16.5 Å². The van der Waals surface area contributed by atoms with Gasteiger partial charge in [0.15, 0.2) is 0 Å². The van der Waals surface area contributed by atoms with Crippen molar-refractivity contribution in [1.82, 2.24) is 10.3 Å². The van der Waals surface area contributed by atoms with Gasteiger partial charge in [-0.15, -0.1) is 0 Å². The minimum atomic E-state index is -0.0535. The Morgan fingerprint density at radius 2 is 1.69 bits per heavy atom. The third kappa shape index (κ3) is 5.23. The molecule has 0 radical (unpaired) electrons. The molecule has 0 fully saturated rings. The average Bonchev–Trinajstić information content (AvgIpc) is 2.77. The second-order valence-electron chi connectivity index (χ2n) is 8.64. The molecule has 1 aromatic heterocycles. The van der Waals surface area contributed by atoms with Gasteiger partial charge in [0.25, 0.3) is 0 Å². The van der Waals surface area contributed by atoms with Crippen LogP contribution in [0.1, 0.15) is 48.8 Å². The third-order valence-electron chi connectivity index (χ3n) is 5.66. The summed E-state index contributed by atoms with van der Waals surface area (Å²) < 4.78 is 0. The van der Waals surface area contributed by atoms with Crippen molar-refractivity contribution in [3.05, 3.63) is 76.6 Å². The fourth-order valence-corrected chi connectivity index (χ4v) is 4.17. The summed E-state index contributed by atoms with van der Waals surface area (Å²) in [6.45, 7) is 9.36. The predicted octanol–water partition coefficient (Wildman–Crippen LogP) is 4.48. The number of benzene rings is 2. The summed E-state index contributed by atoms with van der Waals surface area (Å²) in [5, 5.41) is 2.93. The fraction of sp³-hybridized carbons (Fsp3) is 0.333. The summed E-state index contributed by atoms with van der Waals surface area (Å²) in [6, 6.07) is 16.6. The van der Waals surface area contributed by atoms with Crippen LogP contribution in [0.5, 0.6) is 0 Å². The van der Waals surface area contributed by atoms with E-state index in [0.29, 0.717) is 25.6 Å². The lowest BCUT2D eigenvalue weighted by molar-refractivity contribution is -0.119. The second-order valence-corrected chi connectivity index (χ2v) is 8.64. The molecule has 5 N–H and O–H groups in total. The van der Waals surface area contributed by atoms with Gasteiger partial charge in [-0.1, -0.05) is 62.4 Å². The number of carbonyl (C=O) groups is 1. The summed E-state index contributed by atoms with van der Waals surface area (Å²) in [5.41, 5.74) is 21.8. The molecule has 0 spiro atoms. The summed E-state index contributed by atoms with van der Waals surface area (Å²) >= 11 is 0. The summed E-state index contributed by atoms with van der Waals surface area (Å²) in [6.07, 6.45) is 0.870. The van der Waals surface area contributed by atoms with Gasteiger partial charge in [0.1, 0.15) is 0 Å². The molecular formula is C27H34N4O. The first kappa shape index (κ1) is 23.6. The van der Waals surface area contributed by atoms with Gasteiger partial charge in [0, 0.05) is 43.5 Å². The molecule has 5 heteroatoms. The molecule has 168 valence electrons. The SMILES string of the molecule is CC(=O)NCc1ccccc1-c1c(C)nc(CC(C)C)c(CN)c1-c1ccc(CN)cc1. The van der Waals surface area contributed by atoms with Crippen molar-refractivity contribution in [2.45, 2.75) is 53.8 Å². The second kappa shape index (κ2) is 10.5. The van der Waals surface area contributed by atoms with Crippen LogP contribution in [-0.4, -0.2) is 10.9 Å². The van der Waals surface area contributed by atoms with Crippen LogP contribution in [0.25, 0.3) is 22.3 Å². The molecule has 0 aliphatic carbocycles. The standard InChI is InChI=1S/C27H34N4O/c1-17(2)13-25-24(15-29)27(21-11-9-20(14-28)10-12-21)26(18(3)31-25)23-8-6-5-7-22(23)16-30-19(4)32/h5-12,17H,13-16,28-29H2,1-4H3,(H,30,32). The van der Waals surface area contributed by atoms with Crippen molar-refractivity contribution in [1.29, 1.82) is 0 Å². The van der Waals surface area contributed by atoms with Crippen LogP contribution in [0.4, 0.5) is 0 Å². The Hall–Kier alpha value is -3.02. The molecule has 3 rings (SSSR count). The quantitative estimate of drug-likeness (QED) is 0.491. The lowest BCUT2D eigenvalue weighted by Gasteiger charge is -2.23. The van der Waals surface area contributed by atoms with Crippen LogP contribution < -0.4 is 16.8 Å². The molecule has 32 heavy (non-hydrogen) atoms. The molecule has 0 atom stereocenters. The highest BCUT2D eigenvalue weighted by molar-refractivity contribution is 5.89. The van der Waals surface area contributed by atoms with Crippen molar-refractivity contribution in [2.75, 3.05) is 0 Å². The van der Waals surface area contributed by atoms with Crippen molar-refractivity contribution >= 4 is 5.91 Å². The van der Waals surface area contributed by atoms with E-state index in [9.17, 15) is 4.79 Å². The zero-order valence-electron chi connectivity index (χ0n) is 19.5. The van der Waals surface area contributed by atoms with Gasteiger partial charge >= 0.3 is 0 Å². The summed E-state index contributed by atoms with van der Waals surface area (Å²) in [5.74, 6) is 0.416. The van der Waals surface area contributed by atoms with Crippen LogP contribution in [-0.2, 0) is 30.8 Å². The van der Waals surface area contributed by atoms with Crippen molar-refractivity contribution < 1.29 is 4.79 Å². The molecule has 0 aliphatic rings. The van der Waals surface area contributed by atoms with Crippen LogP contribution in [0.3, 0.4) is 0 Å². The van der Waals surface area contributed by atoms with E-state index in [2.05, 4.69) is 62.5 Å². The normalized spacial score (nSPS) is 11.1. The first-order valence-electron chi connectivity index (χ1n) is 11.2. The molecule has 1 heterocycles. The molecule has 0 saturated heterocycles. The fourth-order valence-electron chi connectivity index (χ4n) is 4.17. The number of carbonyl (C=O) groups excluding carboxylic acids is 1. The van der Waals surface area contributed by atoms with E-state index >= 15 is 0 Å². The molecule has 3 aromatic rings. The molecule has 0 bridgehead atoms. The average molecular weight is 431 g/mol. The van der Waals surface area contributed by atoms with Gasteiger partial charge in [0.2, 0.25) is 5.91 Å². The molecule has 5 nitrogen and oxygen atoms in total. The Bertz CT molecular complexity index is 1090. The zero-order chi connectivity index (χ0) is 23.3. The highest BCUT2D eigenvalue weighted by Gasteiger charge is 2.22. The number of nitrogens with one attached hydrogen (secondary N) is 1. The van der Waals surface area contributed by atoms with Gasteiger partial charge in [-0.2, -0.15) is 0 Å². The van der Waals surface area contributed by atoms with Crippen LogP contribution in [0.2, 0.25) is 0 Å². The lowest BCUT2D eigenvalue weighted by Crippen LogP contribution is -2.19. The predicted molar refractivity (Wildman–Crippen MR) is 132 cm³/mol. The van der Waals surface area contributed by atoms with E-state index in [0.717, 1.165) is 56.8 Å². The van der Waals surface area contributed by atoms with Gasteiger partial charge in [-0.25, -0.2) is 0 Å². The number of amides is 1. The Balaban J connectivity index is 2.32. The molecule has 0 aliphatic heterocycles. The Morgan fingerprint density at radius 1 is 1.00 bits per heavy atom. The monoisotopic (exact) mass is 430 g/mol. The smallest absolute Gasteiger partial charge is 0.217 e. The maximum atomic E-state index is 11.6. The van der Waals surface area contributed by atoms with Crippen molar-refractivity contribution in [3.63, 3.8) is 0 Å². The maximum absolute atomic E-state index is 11.6. The molecular weight excluding hydrogens is 396 g/mol. The number of aromatic nitrogens is 1. The van der Waals surface area contributed by atoms with E-state index in [1.54, 1.807) is 0 Å². The largest absolute Gasteiger partial charge is 0.352 e. The molecule has 0 unspecified atom stereocenters.